The monoisotopic (exact) mass is 333 g/mol. The second kappa shape index (κ2) is 5.05. The van der Waals surface area contributed by atoms with Crippen LogP contribution in [0.25, 0.3) is 10.9 Å². The molecule has 0 radical (unpaired) electrons. The number of hydrogen-bond donors (Lipinski definition) is 2. The van der Waals surface area contributed by atoms with E-state index in [0.717, 1.165) is 10.9 Å². The van der Waals surface area contributed by atoms with E-state index in [2.05, 4.69) is 31.4 Å². The highest BCUT2D eigenvalue weighted by Crippen LogP contribution is 2.21. The summed E-state index contributed by atoms with van der Waals surface area (Å²) in [6.45, 7) is 0. The van der Waals surface area contributed by atoms with Crippen molar-refractivity contribution in [2.24, 2.45) is 0 Å². The molecule has 3 aromatic rings. The zero-order valence-corrected chi connectivity index (χ0v) is 11.7. The zero-order valence-electron chi connectivity index (χ0n) is 10.2. The molecule has 0 bridgehead atoms. The highest BCUT2D eigenvalue weighted by atomic mass is 79.9. The molecule has 0 fully saturated rings. The van der Waals surface area contributed by atoms with E-state index in [9.17, 15) is 9.18 Å². The predicted octanol–water partition coefficient (Wildman–Crippen LogP) is 3.72. The van der Waals surface area contributed by atoms with Crippen molar-refractivity contribution in [2.75, 3.05) is 5.32 Å². The van der Waals surface area contributed by atoms with E-state index in [0.29, 0.717) is 10.0 Å². The topological polar surface area (TPSA) is 57.8 Å². The summed E-state index contributed by atoms with van der Waals surface area (Å²) in [7, 11) is 0. The number of aromatic nitrogens is 2. The van der Waals surface area contributed by atoms with Crippen LogP contribution in [0.4, 0.5) is 10.1 Å². The van der Waals surface area contributed by atoms with Crippen LogP contribution >= 0.6 is 15.9 Å². The molecule has 0 saturated carbocycles. The summed E-state index contributed by atoms with van der Waals surface area (Å²) in [5, 5.41) is 10.1. The fourth-order valence-corrected chi connectivity index (χ4v) is 2.23. The van der Waals surface area contributed by atoms with Gasteiger partial charge in [-0.2, -0.15) is 5.10 Å². The summed E-state index contributed by atoms with van der Waals surface area (Å²) < 4.78 is 14.3. The largest absolute Gasteiger partial charge is 0.319 e. The van der Waals surface area contributed by atoms with E-state index in [1.165, 1.54) is 12.1 Å². The number of carbonyl (C=O) groups is 1. The average Bonchev–Trinajstić information content (AvgIpc) is 2.90. The lowest BCUT2D eigenvalue weighted by Crippen LogP contribution is -2.12. The third-order valence-electron chi connectivity index (χ3n) is 2.88. The predicted molar refractivity (Wildman–Crippen MR) is 78.1 cm³/mol. The number of nitrogens with one attached hydrogen (secondary N) is 2. The highest BCUT2D eigenvalue weighted by Gasteiger charge is 2.10. The van der Waals surface area contributed by atoms with Gasteiger partial charge in [-0.15, -0.1) is 0 Å². The van der Waals surface area contributed by atoms with Crippen molar-refractivity contribution in [2.45, 2.75) is 0 Å². The van der Waals surface area contributed by atoms with E-state index in [1.807, 2.05) is 0 Å². The molecule has 0 spiro atoms. The van der Waals surface area contributed by atoms with Crippen LogP contribution in [0.3, 0.4) is 0 Å². The Balaban J connectivity index is 1.90. The molecule has 3 rings (SSSR count). The van der Waals surface area contributed by atoms with E-state index >= 15 is 0 Å². The Hall–Kier alpha value is -2.21. The third-order valence-corrected chi connectivity index (χ3v) is 3.37. The van der Waals surface area contributed by atoms with Crippen molar-refractivity contribution in [3.63, 3.8) is 0 Å². The van der Waals surface area contributed by atoms with Gasteiger partial charge >= 0.3 is 0 Å². The summed E-state index contributed by atoms with van der Waals surface area (Å²) in [5.74, 6) is -0.859. The number of aromatic amines is 1. The second-order valence-corrected chi connectivity index (χ2v) is 5.17. The fraction of sp³-hybridized carbons (Fsp3) is 0. The number of H-pyrrole nitrogens is 1. The first-order valence-electron chi connectivity index (χ1n) is 5.83. The smallest absolute Gasteiger partial charge is 0.255 e. The van der Waals surface area contributed by atoms with Gasteiger partial charge in [-0.25, -0.2) is 4.39 Å². The van der Waals surface area contributed by atoms with Crippen molar-refractivity contribution in [1.29, 1.82) is 0 Å². The lowest BCUT2D eigenvalue weighted by Gasteiger charge is -2.07. The van der Waals surface area contributed by atoms with Gasteiger partial charge in [0.2, 0.25) is 0 Å². The molecule has 0 aliphatic rings. The van der Waals surface area contributed by atoms with Gasteiger partial charge in [0.1, 0.15) is 5.82 Å². The van der Waals surface area contributed by atoms with E-state index in [4.69, 9.17) is 0 Å². The molecule has 4 nitrogen and oxygen atoms in total. The Kier molecular flexibility index (Phi) is 3.23. The number of fused-ring (bicyclic) bond motifs is 1. The summed E-state index contributed by atoms with van der Waals surface area (Å²) >= 11 is 3.24. The molecule has 0 atom stereocenters. The van der Waals surface area contributed by atoms with Gasteiger partial charge in [-0.3, -0.25) is 9.89 Å². The summed E-state index contributed by atoms with van der Waals surface area (Å²) in [4.78, 5) is 12.1. The second-order valence-electron chi connectivity index (χ2n) is 4.25. The molecule has 2 N–H and O–H groups in total. The van der Waals surface area contributed by atoms with Crippen LogP contribution in [0.1, 0.15) is 10.4 Å². The van der Waals surface area contributed by atoms with Gasteiger partial charge in [-0.1, -0.05) is 22.0 Å². The minimum absolute atomic E-state index is 0.133. The van der Waals surface area contributed by atoms with Crippen molar-refractivity contribution in [3.8, 4) is 0 Å². The van der Waals surface area contributed by atoms with Crippen LogP contribution < -0.4 is 5.32 Å². The SMILES string of the molecule is O=C(Nc1cc(Br)ccc1F)c1ccc2cn[nH]c2c1. The van der Waals surface area contributed by atoms with Crippen LogP contribution in [0.15, 0.2) is 47.1 Å². The molecular weight excluding hydrogens is 325 g/mol. The maximum Gasteiger partial charge on any atom is 0.255 e. The first kappa shape index (κ1) is 12.8. The van der Waals surface area contributed by atoms with Crippen molar-refractivity contribution in [3.05, 3.63) is 58.4 Å². The first-order chi connectivity index (χ1) is 9.63. The molecule has 1 aromatic heterocycles. The molecule has 6 heteroatoms. The number of nitrogens with zero attached hydrogens (tertiary/aromatic N) is 1. The summed E-state index contributed by atoms with van der Waals surface area (Å²) in [5.41, 5.74) is 1.32. The van der Waals surface area contributed by atoms with Gasteiger partial charge in [0.15, 0.2) is 0 Å². The Bertz CT molecular complexity index is 800. The van der Waals surface area contributed by atoms with E-state index in [-0.39, 0.29) is 11.6 Å². The Morgan fingerprint density at radius 3 is 2.95 bits per heavy atom. The maximum absolute atomic E-state index is 13.6. The zero-order chi connectivity index (χ0) is 14.1. The molecule has 0 unspecified atom stereocenters. The number of halogens is 2. The molecule has 2 aromatic carbocycles. The number of hydrogen-bond acceptors (Lipinski definition) is 2. The Morgan fingerprint density at radius 2 is 2.10 bits per heavy atom. The molecule has 20 heavy (non-hydrogen) atoms. The van der Waals surface area contributed by atoms with Crippen molar-refractivity contribution >= 4 is 38.4 Å². The van der Waals surface area contributed by atoms with Gasteiger partial charge in [0.05, 0.1) is 17.4 Å². The molecule has 1 heterocycles. The lowest BCUT2D eigenvalue weighted by molar-refractivity contribution is 0.102. The van der Waals surface area contributed by atoms with Crippen LogP contribution in [-0.2, 0) is 0 Å². The summed E-state index contributed by atoms with van der Waals surface area (Å²) in [6, 6.07) is 9.50. The number of benzene rings is 2. The number of anilines is 1. The average molecular weight is 334 g/mol. The van der Waals surface area contributed by atoms with Crippen molar-refractivity contribution < 1.29 is 9.18 Å². The minimum Gasteiger partial charge on any atom is -0.319 e. The highest BCUT2D eigenvalue weighted by molar-refractivity contribution is 9.10. The lowest BCUT2D eigenvalue weighted by atomic mass is 10.1. The van der Waals surface area contributed by atoms with Crippen molar-refractivity contribution in [1.82, 2.24) is 10.2 Å². The van der Waals surface area contributed by atoms with Gasteiger partial charge in [-0.05, 0) is 30.3 Å². The quantitative estimate of drug-likeness (QED) is 0.750. The van der Waals surface area contributed by atoms with Crippen LogP contribution in [0, 0.1) is 5.82 Å². The third kappa shape index (κ3) is 2.42. The molecule has 1 amide bonds. The van der Waals surface area contributed by atoms with E-state index < -0.39 is 5.82 Å². The van der Waals surface area contributed by atoms with Crippen LogP contribution in [-0.4, -0.2) is 16.1 Å². The number of carbonyl (C=O) groups excluding carboxylic acids is 1. The van der Waals surface area contributed by atoms with E-state index in [1.54, 1.807) is 30.5 Å². The Morgan fingerprint density at radius 1 is 1.25 bits per heavy atom. The van der Waals surface area contributed by atoms with Gasteiger partial charge < -0.3 is 5.32 Å². The number of amides is 1. The number of rotatable bonds is 2. The Labute approximate surface area is 122 Å². The van der Waals surface area contributed by atoms with Gasteiger partial charge in [0.25, 0.3) is 5.91 Å². The fourth-order valence-electron chi connectivity index (χ4n) is 1.87. The van der Waals surface area contributed by atoms with Crippen LogP contribution in [0.2, 0.25) is 0 Å². The molecule has 0 aliphatic heterocycles. The normalized spacial score (nSPS) is 10.7. The van der Waals surface area contributed by atoms with Gasteiger partial charge in [0, 0.05) is 15.4 Å². The molecule has 100 valence electrons. The minimum atomic E-state index is -0.482. The first-order valence-corrected chi connectivity index (χ1v) is 6.62. The maximum atomic E-state index is 13.6. The van der Waals surface area contributed by atoms with Crippen LogP contribution in [0.5, 0.6) is 0 Å². The molecule has 0 aliphatic carbocycles. The molecular formula is C14H9BrFN3O. The molecule has 0 saturated heterocycles. The standard InChI is InChI=1S/C14H9BrFN3O/c15-10-3-4-11(16)13(6-10)18-14(20)8-1-2-9-7-17-19-12(9)5-8/h1-7H,(H,17,19)(H,18,20). The summed E-state index contributed by atoms with van der Waals surface area (Å²) in [6.07, 6.45) is 1.67.